The van der Waals surface area contributed by atoms with Crippen molar-refractivity contribution in [3.63, 3.8) is 0 Å². The van der Waals surface area contributed by atoms with E-state index >= 15 is 0 Å². The minimum absolute atomic E-state index is 0.0545. The molecule has 2 N–H and O–H groups in total. The van der Waals surface area contributed by atoms with Gasteiger partial charge in [0.1, 0.15) is 11.3 Å². The van der Waals surface area contributed by atoms with Gasteiger partial charge >= 0.3 is 0 Å². The summed E-state index contributed by atoms with van der Waals surface area (Å²) >= 11 is 1.38. The van der Waals surface area contributed by atoms with Gasteiger partial charge in [-0.2, -0.15) is 0 Å². The van der Waals surface area contributed by atoms with Gasteiger partial charge in [-0.15, -0.1) is 11.8 Å². The van der Waals surface area contributed by atoms with Crippen LogP contribution in [0.15, 0.2) is 44.4 Å². The molecule has 0 unspecified atom stereocenters. The Hall–Kier alpha value is -2.54. The highest BCUT2D eigenvalue weighted by atomic mass is 32.2. The molecule has 0 saturated heterocycles. The summed E-state index contributed by atoms with van der Waals surface area (Å²) in [4.78, 5) is 36.3. The van der Waals surface area contributed by atoms with Gasteiger partial charge in [-0.25, -0.2) is 0 Å². The number of anilines is 1. The lowest BCUT2D eigenvalue weighted by molar-refractivity contribution is -0.118. The molecule has 2 rings (SSSR count). The average Bonchev–Trinajstić information content (AvgIpc) is 2.51. The Morgan fingerprint density at radius 1 is 1.17 bits per heavy atom. The van der Waals surface area contributed by atoms with Gasteiger partial charge in [-0.3, -0.25) is 25.2 Å². The molecule has 0 atom stereocenters. The van der Waals surface area contributed by atoms with Crippen molar-refractivity contribution in [2.75, 3.05) is 11.2 Å². The van der Waals surface area contributed by atoms with E-state index in [2.05, 4.69) is 10.9 Å². The fraction of sp³-hybridized carbons (Fsp3) is 0.235. The molecule has 1 aromatic heterocycles. The van der Waals surface area contributed by atoms with Crippen molar-refractivity contribution in [2.24, 2.45) is 0 Å². The zero-order valence-corrected chi connectivity index (χ0v) is 14.5. The summed E-state index contributed by atoms with van der Waals surface area (Å²) in [6.45, 7) is 4.85. The van der Waals surface area contributed by atoms with Crippen LogP contribution in [0.2, 0.25) is 0 Å². The number of Topliss-reactive ketones (excluding diaryl/α,β-unsaturated/α-hetero) is 1. The second-order valence-corrected chi connectivity index (χ2v) is 6.31. The van der Waals surface area contributed by atoms with Crippen molar-refractivity contribution in [2.45, 2.75) is 25.7 Å². The fourth-order valence-electron chi connectivity index (χ4n) is 1.98. The Balaban J connectivity index is 1.98. The number of hydrogen-bond acceptors (Lipinski definition) is 6. The third kappa shape index (κ3) is 4.73. The largest absolute Gasteiger partial charge is 0.443 e. The van der Waals surface area contributed by atoms with E-state index in [0.717, 1.165) is 10.5 Å². The summed E-state index contributed by atoms with van der Waals surface area (Å²) in [5.74, 6) is -0.271. The van der Waals surface area contributed by atoms with Gasteiger partial charge in [0, 0.05) is 11.0 Å². The molecule has 0 saturated carbocycles. The van der Waals surface area contributed by atoms with Crippen LogP contribution in [-0.2, 0) is 4.79 Å². The maximum atomic E-state index is 11.9. The zero-order chi connectivity index (χ0) is 17.7. The van der Waals surface area contributed by atoms with Crippen LogP contribution in [0.4, 0.5) is 5.88 Å². The summed E-state index contributed by atoms with van der Waals surface area (Å²) in [5.41, 5.74) is 5.54. The number of benzene rings is 1. The Kier molecular flexibility index (Phi) is 5.81. The number of nitrogens with one attached hydrogen (secondary N) is 2. The first-order chi connectivity index (χ1) is 11.4. The van der Waals surface area contributed by atoms with Gasteiger partial charge < -0.3 is 4.42 Å². The van der Waals surface area contributed by atoms with E-state index in [1.807, 2.05) is 31.2 Å². The normalized spacial score (nSPS) is 10.3. The third-order valence-electron chi connectivity index (χ3n) is 3.13. The molecule has 0 fully saturated rings. The monoisotopic (exact) mass is 346 g/mol. The first kappa shape index (κ1) is 17.8. The van der Waals surface area contributed by atoms with Gasteiger partial charge in [0.25, 0.3) is 0 Å². The lowest BCUT2D eigenvalue weighted by Crippen LogP contribution is -2.32. The average molecular weight is 346 g/mol. The summed E-state index contributed by atoms with van der Waals surface area (Å²) in [7, 11) is 0. The molecule has 24 heavy (non-hydrogen) atoms. The molecule has 1 heterocycles. The summed E-state index contributed by atoms with van der Waals surface area (Å²) in [6, 6.07) is 9.05. The topological polar surface area (TPSA) is 88.4 Å². The molecule has 6 nitrogen and oxygen atoms in total. The molecule has 126 valence electrons. The van der Waals surface area contributed by atoms with Crippen LogP contribution in [-0.4, -0.2) is 17.4 Å². The number of hydrazine groups is 1. The van der Waals surface area contributed by atoms with Crippen molar-refractivity contribution in [3.05, 3.63) is 57.4 Å². The molecule has 0 aliphatic rings. The van der Waals surface area contributed by atoms with E-state index in [9.17, 15) is 14.4 Å². The number of thioether (sulfide) groups is 1. The second-order valence-electron chi connectivity index (χ2n) is 5.26. The van der Waals surface area contributed by atoms with Crippen molar-refractivity contribution < 1.29 is 14.0 Å². The van der Waals surface area contributed by atoms with Gasteiger partial charge in [0.05, 0.1) is 5.75 Å². The number of amides is 1. The van der Waals surface area contributed by atoms with E-state index < -0.39 is 11.2 Å². The van der Waals surface area contributed by atoms with Crippen LogP contribution in [0, 0.1) is 13.8 Å². The summed E-state index contributed by atoms with van der Waals surface area (Å²) in [6.07, 6.45) is 0. The number of hydrogen-bond donors (Lipinski definition) is 2. The summed E-state index contributed by atoms with van der Waals surface area (Å²) in [5, 5.41) is 0. The highest BCUT2D eigenvalue weighted by Crippen LogP contribution is 2.18. The fourth-order valence-corrected chi connectivity index (χ4v) is 2.68. The molecule has 0 aliphatic carbocycles. The first-order valence-electron chi connectivity index (χ1n) is 7.27. The molecule has 7 heteroatoms. The highest BCUT2D eigenvalue weighted by molar-refractivity contribution is 8.00. The Bertz CT molecular complexity index is 812. The van der Waals surface area contributed by atoms with Crippen molar-refractivity contribution in [3.8, 4) is 0 Å². The van der Waals surface area contributed by atoms with Crippen LogP contribution in [0.1, 0.15) is 28.6 Å². The van der Waals surface area contributed by atoms with Crippen LogP contribution in [0.5, 0.6) is 0 Å². The Labute approximate surface area is 143 Å². The lowest BCUT2D eigenvalue weighted by Gasteiger charge is -2.10. The number of rotatable bonds is 6. The van der Waals surface area contributed by atoms with Gasteiger partial charge in [-0.1, -0.05) is 17.7 Å². The molecule has 2 aromatic rings. The van der Waals surface area contributed by atoms with E-state index in [1.165, 1.54) is 24.8 Å². The molecule has 0 spiro atoms. The van der Waals surface area contributed by atoms with Crippen LogP contribution >= 0.6 is 11.8 Å². The quantitative estimate of drug-likeness (QED) is 0.475. The second kappa shape index (κ2) is 7.83. The predicted molar refractivity (Wildman–Crippen MR) is 93.4 cm³/mol. The van der Waals surface area contributed by atoms with Crippen LogP contribution in [0.25, 0.3) is 0 Å². The first-order valence-corrected chi connectivity index (χ1v) is 8.25. The smallest absolute Gasteiger partial charge is 0.248 e. The maximum Gasteiger partial charge on any atom is 0.248 e. The van der Waals surface area contributed by atoms with E-state index in [-0.39, 0.29) is 23.1 Å². The molecule has 0 aliphatic heterocycles. The SMILES string of the molecule is CC(=O)c1c(NNC(=O)CSc2ccc(C)cc2)oc(C)cc1=O. The number of carbonyl (C=O) groups excluding carboxylic acids is 2. The zero-order valence-electron chi connectivity index (χ0n) is 13.6. The van der Waals surface area contributed by atoms with Crippen molar-refractivity contribution >= 4 is 29.3 Å². The number of carbonyl (C=O) groups is 2. The third-order valence-corrected chi connectivity index (χ3v) is 4.14. The standard InChI is InChI=1S/C17H18N2O4S/c1-10-4-6-13(7-5-10)24-9-15(22)18-19-17-16(12(3)20)14(21)8-11(2)23-17/h4-8,19H,9H2,1-3H3,(H,18,22). The van der Waals surface area contributed by atoms with E-state index in [4.69, 9.17) is 4.42 Å². The van der Waals surface area contributed by atoms with Gasteiger partial charge in [0.15, 0.2) is 11.2 Å². The minimum Gasteiger partial charge on any atom is -0.443 e. The summed E-state index contributed by atoms with van der Waals surface area (Å²) < 4.78 is 5.32. The predicted octanol–water partition coefficient (Wildman–Crippen LogP) is 2.69. The van der Waals surface area contributed by atoms with Crippen LogP contribution in [0.3, 0.4) is 0 Å². The molecular weight excluding hydrogens is 328 g/mol. The van der Waals surface area contributed by atoms with E-state index in [0.29, 0.717) is 5.76 Å². The minimum atomic E-state index is -0.447. The van der Waals surface area contributed by atoms with Gasteiger partial charge in [0.2, 0.25) is 11.8 Å². The lowest BCUT2D eigenvalue weighted by atomic mass is 10.2. The molecular formula is C17H18N2O4S. The number of aryl methyl sites for hydroxylation is 2. The van der Waals surface area contributed by atoms with Crippen molar-refractivity contribution in [1.82, 2.24) is 5.43 Å². The number of ketones is 1. The molecule has 1 amide bonds. The molecule has 0 bridgehead atoms. The molecule has 0 radical (unpaired) electrons. The highest BCUT2D eigenvalue weighted by Gasteiger charge is 2.16. The molecule has 1 aromatic carbocycles. The Morgan fingerprint density at radius 3 is 2.46 bits per heavy atom. The van der Waals surface area contributed by atoms with E-state index in [1.54, 1.807) is 6.92 Å². The maximum absolute atomic E-state index is 11.9. The Morgan fingerprint density at radius 2 is 1.83 bits per heavy atom. The van der Waals surface area contributed by atoms with Gasteiger partial charge in [-0.05, 0) is 32.9 Å². The van der Waals surface area contributed by atoms with Crippen LogP contribution < -0.4 is 16.3 Å². The van der Waals surface area contributed by atoms with Crippen molar-refractivity contribution in [1.29, 1.82) is 0 Å².